The van der Waals surface area contributed by atoms with Gasteiger partial charge in [-0.3, -0.25) is 9.59 Å². The lowest BCUT2D eigenvalue weighted by atomic mass is 10.1. The van der Waals surface area contributed by atoms with Gasteiger partial charge in [-0.2, -0.15) is 0 Å². The third-order valence-corrected chi connectivity index (χ3v) is 3.15. The minimum Gasteiger partial charge on any atom is -0.482 e. The van der Waals surface area contributed by atoms with Gasteiger partial charge in [0.15, 0.2) is 6.61 Å². The van der Waals surface area contributed by atoms with Crippen LogP contribution in [0.4, 0.5) is 5.69 Å². The fourth-order valence-electron chi connectivity index (χ4n) is 2.08. The maximum atomic E-state index is 12.2. The number of benzene rings is 1. The van der Waals surface area contributed by atoms with Crippen LogP contribution in [-0.4, -0.2) is 28.4 Å². The molecule has 0 aliphatic carbocycles. The summed E-state index contributed by atoms with van der Waals surface area (Å²) in [5.41, 5.74) is 1.03. The van der Waals surface area contributed by atoms with Gasteiger partial charge in [0.25, 0.3) is 11.8 Å². The third-order valence-electron chi connectivity index (χ3n) is 3.15. The number of ether oxygens (including phenoxy) is 1. The Balaban J connectivity index is 1.75. The minimum absolute atomic E-state index is 0.0408. The second-order valence-corrected chi connectivity index (χ2v) is 4.72. The molecule has 7 nitrogen and oxygen atoms in total. The van der Waals surface area contributed by atoms with Crippen molar-refractivity contribution in [2.45, 2.75) is 13.0 Å². The number of aromatic amines is 1. The monoisotopic (exact) mass is 286 g/mol. The Kier molecular flexibility index (Phi) is 3.31. The molecule has 1 aliphatic rings. The molecule has 1 unspecified atom stereocenters. The number of imidazole rings is 1. The number of rotatable bonds is 3. The van der Waals surface area contributed by atoms with Gasteiger partial charge in [0.05, 0.1) is 11.7 Å². The molecule has 1 atom stereocenters. The predicted octanol–water partition coefficient (Wildman–Crippen LogP) is 1.23. The minimum atomic E-state index is -0.234. The van der Waals surface area contributed by atoms with Crippen LogP contribution in [0.15, 0.2) is 30.6 Å². The van der Waals surface area contributed by atoms with Crippen LogP contribution in [0.5, 0.6) is 5.75 Å². The normalized spacial score (nSPS) is 14.6. The smallest absolute Gasteiger partial charge is 0.262 e. The summed E-state index contributed by atoms with van der Waals surface area (Å²) in [4.78, 5) is 30.4. The zero-order valence-corrected chi connectivity index (χ0v) is 11.3. The summed E-state index contributed by atoms with van der Waals surface area (Å²) in [5, 5.41) is 5.52. The molecule has 3 N–H and O–H groups in total. The number of H-pyrrole nitrogens is 1. The molecule has 108 valence electrons. The van der Waals surface area contributed by atoms with Crippen molar-refractivity contribution >= 4 is 17.5 Å². The maximum Gasteiger partial charge on any atom is 0.262 e. The molecule has 21 heavy (non-hydrogen) atoms. The Morgan fingerprint density at radius 2 is 2.33 bits per heavy atom. The maximum absolute atomic E-state index is 12.2. The Labute approximate surface area is 120 Å². The van der Waals surface area contributed by atoms with Gasteiger partial charge in [0.1, 0.15) is 11.6 Å². The van der Waals surface area contributed by atoms with Gasteiger partial charge in [0, 0.05) is 18.0 Å². The molecule has 0 radical (unpaired) electrons. The molecule has 3 rings (SSSR count). The van der Waals surface area contributed by atoms with Gasteiger partial charge >= 0.3 is 0 Å². The zero-order valence-electron chi connectivity index (χ0n) is 11.3. The van der Waals surface area contributed by atoms with Gasteiger partial charge in [-0.15, -0.1) is 0 Å². The Morgan fingerprint density at radius 3 is 3.10 bits per heavy atom. The molecular formula is C14H14N4O3. The SMILES string of the molecule is CC(NC(=O)c1ccc2c(c1)OCC(=O)N2)c1ncc[nH]1. The average molecular weight is 286 g/mol. The quantitative estimate of drug-likeness (QED) is 0.790. The lowest BCUT2D eigenvalue weighted by Crippen LogP contribution is -2.28. The predicted molar refractivity (Wildman–Crippen MR) is 75.0 cm³/mol. The number of hydrogen-bond donors (Lipinski definition) is 3. The number of carbonyl (C=O) groups excluding carboxylic acids is 2. The highest BCUT2D eigenvalue weighted by atomic mass is 16.5. The summed E-state index contributed by atoms with van der Waals surface area (Å²) in [6, 6.07) is 4.67. The summed E-state index contributed by atoms with van der Waals surface area (Å²) >= 11 is 0. The van der Waals surface area contributed by atoms with E-state index < -0.39 is 0 Å². The number of nitrogens with zero attached hydrogens (tertiary/aromatic N) is 1. The first-order valence-electron chi connectivity index (χ1n) is 6.50. The number of fused-ring (bicyclic) bond motifs is 1. The van der Waals surface area contributed by atoms with E-state index in [1.54, 1.807) is 30.6 Å². The summed E-state index contributed by atoms with van der Waals surface area (Å²) < 4.78 is 5.29. The number of aromatic nitrogens is 2. The van der Waals surface area contributed by atoms with Gasteiger partial charge in [0.2, 0.25) is 0 Å². The van der Waals surface area contributed by atoms with E-state index in [9.17, 15) is 9.59 Å². The van der Waals surface area contributed by atoms with Crippen molar-refractivity contribution in [2.24, 2.45) is 0 Å². The van der Waals surface area contributed by atoms with Crippen LogP contribution in [0.2, 0.25) is 0 Å². The first kappa shape index (κ1) is 13.2. The lowest BCUT2D eigenvalue weighted by molar-refractivity contribution is -0.118. The van der Waals surface area contributed by atoms with Crippen LogP contribution in [0.25, 0.3) is 0 Å². The van der Waals surface area contributed by atoms with E-state index >= 15 is 0 Å². The molecule has 0 bridgehead atoms. The van der Waals surface area contributed by atoms with Gasteiger partial charge in [-0.05, 0) is 25.1 Å². The molecule has 7 heteroatoms. The summed E-state index contributed by atoms with van der Waals surface area (Å²) in [7, 11) is 0. The molecule has 2 heterocycles. The average Bonchev–Trinajstić information content (AvgIpc) is 3.01. The van der Waals surface area contributed by atoms with Gasteiger partial charge in [-0.1, -0.05) is 0 Å². The van der Waals surface area contributed by atoms with Crippen molar-refractivity contribution in [1.29, 1.82) is 0 Å². The van der Waals surface area contributed by atoms with Crippen LogP contribution in [0.3, 0.4) is 0 Å². The number of hydrogen-bond acceptors (Lipinski definition) is 4. The molecule has 1 aliphatic heterocycles. The Morgan fingerprint density at radius 1 is 1.48 bits per heavy atom. The van der Waals surface area contributed by atoms with Gasteiger partial charge in [-0.25, -0.2) is 4.98 Å². The fourth-order valence-corrected chi connectivity index (χ4v) is 2.08. The van der Waals surface area contributed by atoms with E-state index in [1.807, 2.05) is 6.92 Å². The lowest BCUT2D eigenvalue weighted by Gasteiger charge is -2.18. The van der Waals surface area contributed by atoms with Crippen LogP contribution in [0, 0.1) is 0 Å². The molecule has 0 saturated carbocycles. The van der Waals surface area contributed by atoms with E-state index in [0.29, 0.717) is 22.8 Å². The zero-order chi connectivity index (χ0) is 14.8. The summed E-state index contributed by atoms with van der Waals surface area (Å²) in [6.45, 7) is 1.80. The molecule has 2 aromatic rings. The van der Waals surface area contributed by atoms with E-state index in [2.05, 4.69) is 20.6 Å². The van der Waals surface area contributed by atoms with Crippen molar-refractivity contribution in [3.8, 4) is 5.75 Å². The highest BCUT2D eigenvalue weighted by Gasteiger charge is 2.19. The van der Waals surface area contributed by atoms with Crippen LogP contribution in [0.1, 0.15) is 29.1 Å². The Bertz CT molecular complexity index is 682. The second-order valence-electron chi connectivity index (χ2n) is 4.72. The van der Waals surface area contributed by atoms with E-state index in [4.69, 9.17) is 4.74 Å². The van der Waals surface area contributed by atoms with Crippen molar-refractivity contribution in [1.82, 2.24) is 15.3 Å². The fraction of sp³-hybridized carbons (Fsp3) is 0.214. The highest BCUT2D eigenvalue weighted by molar-refractivity contribution is 5.99. The standard InChI is InChI=1S/C14H14N4O3/c1-8(13-15-4-5-16-13)17-14(20)9-2-3-10-11(6-9)21-7-12(19)18-10/h2-6,8H,7H2,1H3,(H,15,16)(H,17,20)(H,18,19). The number of amides is 2. The largest absolute Gasteiger partial charge is 0.482 e. The molecular weight excluding hydrogens is 272 g/mol. The van der Waals surface area contributed by atoms with Crippen LogP contribution >= 0.6 is 0 Å². The third kappa shape index (κ3) is 2.71. The van der Waals surface area contributed by atoms with Crippen molar-refractivity contribution in [3.63, 3.8) is 0 Å². The van der Waals surface area contributed by atoms with E-state index in [1.165, 1.54) is 0 Å². The highest BCUT2D eigenvalue weighted by Crippen LogP contribution is 2.28. The molecule has 0 spiro atoms. The summed E-state index contributed by atoms with van der Waals surface area (Å²) in [6.07, 6.45) is 3.33. The van der Waals surface area contributed by atoms with Crippen LogP contribution in [-0.2, 0) is 4.79 Å². The second kappa shape index (κ2) is 5.28. The van der Waals surface area contributed by atoms with Crippen LogP contribution < -0.4 is 15.4 Å². The number of nitrogens with one attached hydrogen (secondary N) is 3. The van der Waals surface area contributed by atoms with E-state index in [0.717, 1.165) is 0 Å². The molecule has 2 amide bonds. The first-order chi connectivity index (χ1) is 10.1. The molecule has 1 aromatic heterocycles. The van der Waals surface area contributed by atoms with Crippen molar-refractivity contribution in [3.05, 3.63) is 42.0 Å². The Hall–Kier alpha value is -2.83. The first-order valence-corrected chi connectivity index (χ1v) is 6.50. The topological polar surface area (TPSA) is 96.1 Å². The molecule has 0 fully saturated rings. The number of anilines is 1. The van der Waals surface area contributed by atoms with E-state index in [-0.39, 0.29) is 24.5 Å². The molecule has 1 aromatic carbocycles. The van der Waals surface area contributed by atoms with Gasteiger partial charge < -0.3 is 20.4 Å². The van der Waals surface area contributed by atoms with Crippen molar-refractivity contribution < 1.29 is 14.3 Å². The number of carbonyl (C=O) groups is 2. The molecule has 0 saturated heterocycles. The summed E-state index contributed by atoms with van der Waals surface area (Å²) in [5.74, 6) is 0.742. The van der Waals surface area contributed by atoms with Crippen molar-refractivity contribution in [2.75, 3.05) is 11.9 Å².